The third kappa shape index (κ3) is 6.62. The predicted molar refractivity (Wildman–Crippen MR) is 108 cm³/mol. The smallest absolute Gasteiger partial charge is 0.343 e. The summed E-state index contributed by atoms with van der Waals surface area (Å²) in [5, 5.41) is 19.9. The molecule has 0 aliphatic heterocycles. The van der Waals surface area contributed by atoms with E-state index < -0.39 is 23.6 Å². The molecule has 0 saturated carbocycles. The lowest BCUT2D eigenvalue weighted by atomic mass is 10.1. The number of hydrogen-bond acceptors (Lipinski definition) is 6. The Morgan fingerprint density at radius 3 is 2.52 bits per heavy atom. The highest BCUT2D eigenvalue weighted by molar-refractivity contribution is 9.10. The molecule has 6 nitrogen and oxygen atoms in total. The number of benzene rings is 1. The van der Waals surface area contributed by atoms with E-state index in [1.54, 1.807) is 6.92 Å². The van der Waals surface area contributed by atoms with Gasteiger partial charge >= 0.3 is 5.97 Å². The van der Waals surface area contributed by atoms with Crippen molar-refractivity contribution in [3.63, 3.8) is 0 Å². The zero-order chi connectivity index (χ0) is 19.9. The van der Waals surface area contributed by atoms with Crippen LogP contribution in [-0.4, -0.2) is 48.8 Å². The number of esters is 1. The van der Waals surface area contributed by atoms with Gasteiger partial charge in [0, 0.05) is 12.3 Å². The third-order valence-corrected chi connectivity index (χ3v) is 4.22. The van der Waals surface area contributed by atoms with Crippen LogP contribution in [0.1, 0.15) is 33.8 Å². The van der Waals surface area contributed by atoms with Gasteiger partial charge in [0.15, 0.2) is 0 Å². The normalized spacial score (nSPS) is 13.2. The Morgan fingerprint density at radius 1 is 1.41 bits per heavy atom. The third-order valence-electron chi connectivity index (χ3n) is 3.60. The van der Waals surface area contributed by atoms with Gasteiger partial charge in [0.2, 0.25) is 0 Å². The molecule has 0 unspecified atom stereocenters. The first-order chi connectivity index (χ1) is 12.3. The fourth-order valence-electron chi connectivity index (χ4n) is 2.03. The summed E-state index contributed by atoms with van der Waals surface area (Å²) in [5.74, 6) is -1.99. The van der Waals surface area contributed by atoms with E-state index in [-0.39, 0.29) is 43.4 Å². The lowest BCUT2D eigenvalue weighted by Crippen LogP contribution is -2.19. The van der Waals surface area contributed by atoms with E-state index >= 15 is 0 Å². The zero-order valence-corrected chi connectivity index (χ0v) is 16.7. The molecular formula is C19H27BrFNO5. The van der Waals surface area contributed by atoms with Gasteiger partial charge < -0.3 is 19.7 Å². The first-order valence-electron chi connectivity index (χ1n) is 8.04. The van der Waals surface area contributed by atoms with Crippen LogP contribution >= 0.6 is 15.9 Å². The molecular weight excluding hydrogens is 421 g/mol. The molecule has 8 heteroatoms. The molecule has 0 radical (unpaired) electrons. The molecule has 1 aromatic carbocycles. The number of methoxy groups -OCH3 is 1. The number of ether oxygens (including phenoxy) is 2. The highest BCUT2D eigenvalue weighted by Gasteiger charge is 2.21. The molecule has 1 atom stereocenters. The van der Waals surface area contributed by atoms with Gasteiger partial charge in [-0.1, -0.05) is 21.3 Å². The Kier molecular flexibility index (Phi) is 10.9. The van der Waals surface area contributed by atoms with Crippen LogP contribution in [-0.2, 0) is 9.53 Å². The lowest BCUT2D eigenvalue weighted by Gasteiger charge is -2.14. The molecule has 0 heterocycles. The second-order valence-electron chi connectivity index (χ2n) is 5.72. The summed E-state index contributed by atoms with van der Waals surface area (Å²) < 4.78 is 24.7. The maximum absolute atomic E-state index is 14.3. The maximum Gasteiger partial charge on any atom is 0.343 e. The minimum Gasteiger partial charge on any atom is -0.506 e. The summed E-state index contributed by atoms with van der Waals surface area (Å²) >= 11 is 3.21. The van der Waals surface area contributed by atoms with Crippen molar-refractivity contribution in [2.45, 2.75) is 34.2 Å². The first-order valence-corrected chi connectivity index (χ1v) is 8.83. The molecule has 27 heavy (non-hydrogen) atoms. The number of aliphatic hydroxyl groups excluding tert-OH is 2. The molecule has 0 bridgehead atoms. The lowest BCUT2D eigenvalue weighted by molar-refractivity contribution is -0.137. The number of halogens is 2. The van der Waals surface area contributed by atoms with E-state index in [1.807, 2.05) is 13.8 Å². The van der Waals surface area contributed by atoms with E-state index in [0.29, 0.717) is 4.47 Å². The number of carbonyl (C=O) groups excluding carboxylic acids is 1. The predicted octanol–water partition coefficient (Wildman–Crippen LogP) is 4.15. The maximum atomic E-state index is 14.3. The molecule has 0 saturated heterocycles. The van der Waals surface area contributed by atoms with E-state index in [2.05, 4.69) is 20.9 Å². The van der Waals surface area contributed by atoms with Gasteiger partial charge in [-0.15, -0.1) is 0 Å². The zero-order valence-electron chi connectivity index (χ0n) is 15.1. The van der Waals surface area contributed by atoms with Gasteiger partial charge in [-0.05, 0) is 34.8 Å². The number of nitrogens with zero attached hydrogens (tertiary/aromatic N) is 1. The van der Waals surface area contributed by atoms with Crippen molar-refractivity contribution in [3.05, 3.63) is 33.6 Å². The molecule has 1 rings (SSSR count). The van der Waals surface area contributed by atoms with Crippen molar-refractivity contribution in [2.24, 2.45) is 10.9 Å². The van der Waals surface area contributed by atoms with Crippen molar-refractivity contribution < 1.29 is 28.9 Å². The molecule has 0 aliphatic carbocycles. The number of aliphatic imine (C=N–C) groups is 1. The van der Waals surface area contributed by atoms with E-state index in [0.717, 1.165) is 12.3 Å². The molecule has 0 aliphatic rings. The van der Waals surface area contributed by atoms with Crippen molar-refractivity contribution in [3.8, 4) is 5.75 Å². The largest absolute Gasteiger partial charge is 0.506 e. The monoisotopic (exact) mass is 447 g/mol. The topological polar surface area (TPSA) is 88.4 Å². The summed E-state index contributed by atoms with van der Waals surface area (Å²) in [6.45, 7) is 5.16. The molecule has 1 aromatic rings. The fraction of sp³-hybridized carbons (Fsp3) is 0.474. The molecule has 0 fully saturated rings. The highest BCUT2D eigenvalue weighted by atomic mass is 79.9. The molecule has 2 N–H and O–H groups in total. The average molecular weight is 448 g/mol. The Hall–Kier alpha value is -1.93. The summed E-state index contributed by atoms with van der Waals surface area (Å²) in [6.07, 6.45) is 1.10. The Bertz CT molecular complexity index is 704. The van der Waals surface area contributed by atoms with Gasteiger partial charge in [0.25, 0.3) is 0 Å². The number of aliphatic hydroxyl groups is 2. The van der Waals surface area contributed by atoms with Crippen LogP contribution in [0.3, 0.4) is 0 Å². The second-order valence-corrected chi connectivity index (χ2v) is 6.58. The van der Waals surface area contributed by atoms with Gasteiger partial charge in [-0.25, -0.2) is 9.18 Å². The summed E-state index contributed by atoms with van der Waals surface area (Å²) in [6, 6.07) is 1.91. The fourth-order valence-corrected chi connectivity index (χ4v) is 2.54. The summed E-state index contributed by atoms with van der Waals surface area (Å²) in [4.78, 5) is 16.3. The highest BCUT2D eigenvalue weighted by Crippen LogP contribution is 2.31. The number of carbonyl (C=O) groups is 1. The van der Waals surface area contributed by atoms with Gasteiger partial charge in [0.1, 0.15) is 22.9 Å². The standard InChI is InChI=1S/C18H23BrFNO5.CH4/c1-5-26-18(24)12(8-21-15(9-22)10(2)3)17(23)11-6-13(19)16(25-4)7-14(11)20;/h6-8,10,15,22-23H,5,9H2,1-4H3;1H4/t15-;/m1./s1. The Morgan fingerprint density at radius 2 is 2.04 bits per heavy atom. The summed E-state index contributed by atoms with van der Waals surface area (Å²) in [5.41, 5.74) is -0.515. The minimum atomic E-state index is -0.847. The van der Waals surface area contributed by atoms with Crippen LogP contribution in [0.15, 0.2) is 27.2 Å². The molecule has 0 aromatic heterocycles. The Labute approximate surface area is 167 Å². The van der Waals surface area contributed by atoms with Gasteiger partial charge in [-0.3, -0.25) is 4.99 Å². The van der Waals surface area contributed by atoms with Gasteiger partial charge in [-0.2, -0.15) is 0 Å². The van der Waals surface area contributed by atoms with E-state index in [1.165, 1.54) is 13.2 Å². The van der Waals surface area contributed by atoms with E-state index in [4.69, 9.17) is 9.47 Å². The first kappa shape index (κ1) is 25.1. The van der Waals surface area contributed by atoms with E-state index in [9.17, 15) is 19.4 Å². The van der Waals surface area contributed by atoms with Crippen LogP contribution in [0.5, 0.6) is 5.75 Å². The van der Waals surface area contributed by atoms with Gasteiger partial charge in [0.05, 0.1) is 36.4 Å². The van der Waals surface area contributed by atoms with Crippen LogP contribution in [0.4, 0.5) is 4.39 Å². The van der Waals surface area contributed by atoms with Crippen LogP contribution < -0.4 is 4.74 Å². The number of hydrogen-bond donors (Lipinski definition) is 2. The Balaban J connectivity index is 0.00000676. The average Bonchev–Trinajstić information content (AvgIpc) is 2.59. The quantitative estimate of drug-likeness (QED) is 0.270. The number of rotatable bonds is 8. The van der Waals surface area contributed by atoms with Crippen molar-refractivity contribution >= 4 is 33.9 Å². The molecule has 0 spiro atoms. The second kappa shape index (κ2) is 11.7. The molecule has 152 valence electrons. The SMILES string of the molecule is C.CCOC(=O)C(C=N[C@H](CO)C(C)C)=C(O)c1cc(Br)c(OC)cc1F. The van der Waals surface area contributed by atoms with Crippen LogP contribution in [0.2, 0.25) is 0 Å². The minimum absolute atomic E-state index is 0. The summed E-state index contributed by atoms with van der Waals surface area (Å²) in [7, 11) is 1.38. The van der Waals surface area contributed by atoms with Crippen molar-refractivity contribution in [2.75, 3.05) is 20.3 Å². The van der Waals surface area contributed by atoms with Crippen LogP contribution in [0.25, 0.3) is 5.76 Å². The molecule has 0 amide bonds. The van der Waals surface area contributed by atoms with Crippen molar-refractivity contribution in [1.29, 1.82) is 0 Å². The van der Waals surface area contributed by atoms with Crippen molar-refractivity contribution in [1.82, 2.24) is 0 Å². The van der Waals surface area contributed by atoms with Crippen LogP contribution in [0, 0.1) is 11.7 Å².